The van der Waals surface area contributed by atoms with Crippen LogP contribution in [-0.2, 0) is 4.74 Å². The Bertz CT molecular complexity index is 667. The van der Waals surface area contributed by atoms with Gasteiger partial charge >= 0.3 is 0 Å². The number of amides is 1. The molecule has 0 saturated carbocycles. The van der Waals surface area contributed by atoms with Crippen molar-refractivity contribution in [2.45, 2.75) is 0 Å². The molecule has 8 heteroatoms. The van der Waals surface area contributed by atoms with Crippen molar-refractivity contribution in [1.82, 2.24) is 15.3 Å². The summed E-state index contributed by atoms with van der Waals surface area (Å²) in [6.07, 6.45) is 1.30. The molecule has 2 rings (SSSR count). The first-order valence-electron chi connectivity index (χ1n) is 6.41. The van der Waals surface area contributed by atoms with Crippen LogP contribution in [0, 0.1) is 0 Å². The van der Waals surface area contributed by atoms with Crippen LogP contribution in [0.1, 0.15) is 10.5 Å². The van der Waals surface area contributed by atoms with Gasteiger partial charge in [-0.2, -0.15) is 0 Å². The number of carbonyl (C=O) groups excluding carboxylic acids is 1. The van der Waals surface area contributed by atoms with Crippen LogP contribution in [0.2, 0.25) is 10.0 Å². The molecule has 0 bridgehead atoms. The van der Waals surface area contributed by atoms with Gasteiger partial charge in [0.15, 0.2) is 0 Å². The van der Waals surface area contributed by atoms with E-state index in [2.05, 4.69) is 20.6 Å². The molecule has 0 fully saturated rings. The van der Waals surface area contributed by atoms with Crippen molar-refractivity contribution in [1.29, 1.82) is 0 Å². The van der Waals surface area contributed by atoms with Gasteiger partial charge < -0.3 is 15.4 Å². The number of rotatable bonds is 6. The zero-order chi connectivity index (χ0) is 15.9. The van der Waals surface area contributed by atoms with Crippen LogP contribution in [0.4, 0.5) is 11.5 Å². The lowest BCUT2D eigenvalue weighted by Crippen LogP contribution is -2.27. The molecule has 1 aromatic carbocycles. The topological polar surface area (TPSA) is 76.1 Å². The van der Waals surface area contributed by atoms with E-state index in [1.165, 1.54) is 12.4 Å². The molecule has 22 heavy (non-hydrogen) atoms. The fraction of sp³-hybridized carbons (Fsp3) is 0.214. The fourth-order valence-corrected chi connectivity index (χ4v) is 2.09. The Morgan fingerprint density at radius 2 is 2.09 bits per heavy atom. The Kier molecular flexibility index (Phi) is 5.94. The lowest BCUT2D eigenvalue weighted by molar-refractivity contribution is 0.0932. The third-order valence-corrected chi connectivity index (χ3v) is 3.23. The Labute approximate surface area is 137 Å². The number of nitrogens with zero attached hydrogens (tertiary/aromatic N) is 2. The highest BCUT2D eigenvalue weighted by molar-refractivity contribution is 6.36. The lowest BCUT2D eigenvalue weighted by Gasteiger charge is -2.09. The van der Waals surface area contributed by atoms with E-state index in [1.54, 1.807) is 25.3 Å². The van der Waals surface area contributed by atoms with Gasteiger partial charge in [-0.1, -0.05) is 23.2 Å². The Morgan fingerprint density at radius 1 is 1.27 bits per heavy atom. The molecule has 6 nitrogen and oxygen atoms in total. The minimum absolute atomic E-state index is 0.249. The zero-order valence-electron chi connectivity index (χ0n) is 11.8. The monoisotopic (exact) mass is 340 g/mol. The fourth-order valence-electron chi connectivity index (χ4n) is 1.64. The van der Waals surface area contributed by atoms with Gasteiger partial charge in [-0.3, -0.25) is 4.79 Å². The molecule has 0 spiro atoms. The van der Waals surface area contributed by atoms with E-state index in [0.29, 0.717) is 34.7 Å². The van der Waals surface area contributed by atoms with Gasteiger partial charge in [0, 0.05) is 24.7 Å². The quantitative estimate of drug-likeness (QED) is 0.790. The smallest absolute Gasteiger partial charge is 0.270 e. The average Bonchev–Trinajstić information content (AvgIpc) is 2.50. The van der Waals surface area contributed by atoms with Gasteiger partial charge in [0.1, 0.15) is 17.8 Å². The predicted molar refractivity (Wildman–Crippen MR) is 86.0 cm³/mol. The molecular formula is C14H14Cl2N4O2. The normalized spacial score (nSPS) is 10.3. The molecule has 1 aromatic heterocycles. The average molecular weight is 341 g/mol. The SMILES string of the molecule is COCCNC(=O)c1cc(Nc2ccc(Cl)cc2Cl)ncn1. The van der Waals surface area contributed by atoms with Gasteiger partial charge in [-0.05, 0) is 18.2 Å². The molecule has 2 aromatic rings. The van der Waals surface area contributed by atoms with E-state index < -0.39 is 0 Å². The maximum absolute atomic E-state index is 11.9. The molecule has 0 saturated heterocycles. The van der Waals surface area contributed by atoms with Crippen molar-refractivity contribution in [2.75, 3.05) is 25.6 Å². The number of halogens is 2. The summed E-state index contributed by atoms with van der Waals surface area (Å²) in [6, 6.07) is 6.58. The van der Waals surface area contributed by atoms with E-state index >= 15 is 0 Å². The van der Waals surface area contributed by atoms with Crippen molar-refractivity contribution in [2.24, 2.45) is 0 Å². The number of anilines is 2. The second-order valence-electron chi connectivity index (χ2n) is 4.29. The van der Waals surface area contributed by atoms with Gasteiger partial charge in [0.25, 0.3) is 5.91 Å². The van der Waals surface area contributed by atoms with Crippen LogP contribution >= 0.6 is 23.2 Å². The lowest BCUT2D eigenvalue weighted by atomic mass is 10.3. The molecule has 1 amide bonds. The third-order valence-electron chi connectivity index (χ3n) is 2.69. The van der Waals surface area contributed by atoms with Crippen LogP contribution in [0.5, 0.6) is 0 Å². The zero-order valence-corrected chi connectivity index (χ0v) is 13.3. The molecule has 0 atom stereocenters. The van der Waals surface area contributed by atoms with Crippen LogP contribution in [-0.4, -0.2) is 36.1 Å². The molecule has 116 valence electrons. The highest BCUT2D eigenvalue weighted by Gasteiger charge is 2.09. The first kappa shape index (κ1) is 16.5. The first-order chi connectivity index (χ1) is 10.6. The third kappa shape index (κ3) is 4.56. The van der Waals surface area contributed by atoms with Crippen LogP contribution in [0.3, 0.4) is 0 Å². The molecule has 0 unspecified atom stereocenters. The Morgan fingerprint density at radius 3 is 2.82 bits per heavy atom. The van der Waals surface area contributed by atoms with Crippen LogP contribution in [0.15, 0.2) is 30.6 Å². The molecular weight excluding hydrogens is 327 g/mol. The summed E-state index contributed by atoms with van der Waals surface area (Å²) in [7, 11) is 1.56. The number of nitrogens with one attached hydrogen (secondary N) is 2. The first-order valence-corrected chi connectivity index (χ1v) is 7.17. The molecule has 0 radical (unpaired) electrons. The van der Waals surface area contributed by atoms with E-state index in [9.17, 15) is 4.79 Å². The van der Waals surface area contributed by atoms with Crippen molar-refractivity contribution >= 4 is 40.6 Å². The summed E-state index contributed by atoms with van der Waals surface area (Å²) >= 11 is 11.9. The van der Waals surface area contributed by atoms with Gasteiger partial charge in [0.2, 0.25) is 0 Å². The van der Waals surface area contributed by atoms with Crippen molar-refractivity contribution in [3.63, 3.8) is 0 Å². The largest absolute Gasteiger partial charge is 0.383 e. The van der Waals surface area contributed by atoms with Crippen molar-refractivity contribution in [3.8, 4) is 0 Å². The second kappa shape index (κ2) is 7.93. The van der Waals surface area contributed by atoms with E-state index in [1.807, 2.05) is 0 Å². The summed E-state index contributed by atoms with van der Waals surface area (Å²) in [5.41, 5.74) is 0.884. The Hall–Kier alpha value is -1.89. The Balaban J connectivity index is 2.09. The summed E-state index contributed by atoms with van der Waals surface area (Å²) in [4.78, 5) is 19.9. The number of hydrogen-bond acceptors (Lipinski definition) is 5. The molecule has 2 N–H and O–H groups in total. The van der Waals surface area contributed by atoms with E-state index in [4.69, 9.17) is 27.9 Å². The van der Waals surface area contributed by atoms with Crippen LogP contribution < -0.4 is 10.6 Å². The maximum atomic E-state index is 11.9. The number of carbonyl (C=O) groups is 1. The number of aromatic nitrogens is 2. The minimum Gasteiger partial charge on any atom is -0.383 e. The second-order valence-corrected chi connectivity index (χ2v) is 5.13. The molecule has 0 aliphatic heterocycles. The number of methoxy groups -OCH3 is 1. The van der Waals surface area contributed by atoms with Gasteiger partial charge in [-0.15, -0.1) is 0 Å². The number of benzene rings is 1. The summed E-state index contributed by atoms with van der Waals surface area (Å²) in [5.74, 6) is 0.154. The van der Waals surface area contributed by atoms with Crippen LogP contribution in [0.25, 0.3) is 0 Å². The van der Waals surface area contributed by atoms with Crippen molar-refractivity contribution in [3.05, 3.63) is 46.3 Å². The minimum atomic E-state index is -0.301. The van der Waals surface area contributed by atoms with E-state index in [-0.39, 0.29) is 11.6 Å². The number of hydrogen-bond donors (Lipinski definition) is 2. The predicted octanol–water partition coefficient (Wildman–Crippen LogP) is 2.90. The maximum Gasteiger partial charge on any atom is 0.270 e. The molecule has 0 aliphatic rings. The van der Waals surface area contributed by atoms with Crippen molar-refractivity contribution < 1.29 is 9.53 Å². The highest BCUT2D eigenvalue weighted by Crippen LogP contribution is 2.27. The van der Waals surface area contributed by atoms with Gasteiger partial charge in [0.05, 0.1) is 17.3 Å². The highest BCUT2D eigenvalue weighted by atomic mass is 35.5. The van der Waals surface area contributed by atoms with E-state index in [0.717, 1.165) is 0 Å². The molecule has 0 aliphatic carbocycles. The summed E-state index contributed by atoms with van der Waals surface area (Å²) < 4.78 is 4.87. The number of ether oxygens (including phenoxy) is 1. The standard InChI is InChI=1S/C14H14Cl2N4O2/c1-22-5-4-17-14(21)12-7-13(19-8-18-12)20-11-3-2-9(15)6-10(11)16/h2-3,6-8H,4-5H2,1H3,(H,17,21)(H,18,19,20). The van der Waals surface area contributed by atoms with Gasteiger partial charge in [-0.25, -0.2) is 9.97 Å². The summed E-state index contributed by atoms with van der Waals surface area (Å²) in [6.45, 7) is 0.841. The molecule has 1 heterocycles. The summed E-state index contributed by atoms with van der Waals surface area (Å²) in [5, 5.41) is 6.69.